The lowest BCUT2D eigenvalue weighted by Crippen LogP contribution is -2.56. The van der Waals surface area contributed by atoms with E-state index in [0.717, 1.165) is 33.2 Å². The lowest BCUT2D eigenvalue weighted by Gasteiger charge is -2.30. The minimum atomic E-state index is -0.907. The van der Waals surface area contributed by atoms with Crippen LogP contribution in [-0.2, 0) is 22.5 Å². The van der Waals surface area contributed by atoms with Crippen LogP contribution < -0.4 is 10.6 Å². The fourth-order valence-corrected chi connectivity index (χ4v) is 4.42. The van der Waals surface area contributed by atoms with Crippen molar-refractivity contribution in [2.75, 3.05) is 26.2 Å². The van der Waals surface area contributed by atoms with E-state index in [-0.39, 0.29) is 12.0 Å². The largest absolute Gasteiger partial charge is 0.460 e. The molecule has 0 saturated carbocycles. The van der Waals surface area contributed by atoms with E-state index in [4.69, 9.17) is 9.15 Å². The van der Waals surface area contributed by atoms with Crippen molar-refractivity contribution in [1.82, 2.24) is 20.5 Å². The van der Waals surface area contributed by atoms with Gasteiger partial charge in [0.2, 0.25) is 5.91 Å². The maximum absolute atomic E-state index is 13.4. The Morgan fingerprint density at radius 1 is 1.18 bits per heavy atom. The van der Waals surface area contributed by atoms with Gasteiger partial charge in [-0.1, -0.05) is 36.4 Å². The number of nitrogens with one attached hydrogen (secondary N) is 3. The number of carbonyl (C=O) groups excluding carboxylic acids is 2. The lowest BCUT2D eigenvalue weighted by atomic mass is 9.91. The van der Waals surface area contributed by atoms with Crippen molar-refractivity contribution in [3.05, 3.63) is 72.1 Å². The number of fused-ring (bicyclic) bond motifs is 2. The molecular formula is C26H28N4O4. The van der Waals surface area contributed by atoms with E-state index < -0.39 is 5.54 Å². The highest BCUT2D eigenvalue weighted by Crippen LogP contribution is 2.24. The Hall–Kier alpha value is -3.78. The summed E-state index contributed by atoms with van der Waals surface area (Å²) in [5, 5.41) is 8.56. The van der Waals surface area contributed by atoms with Gasteiger partial charge in [-0.05, 0) is 30.7 Å². The smallest absolute Gasteiger partial charge is 0.409 e. The van der Waals surface area contributed by atoms with Gasteiger partial charge in [0.15, 0.2) is 0 Å². The first-order chi connectivity index (χ1) is 16.5. The number of aromatic nitrogens is 1. The molecule has 1 atom stereocenters. The number of carbonyl (C=O) groups is 2. The number of aromatic amines is 1. The van der Waals surface area contributed by atoms with Crippen LogP contribution in [0.2, 0.25) is 0 Å². The molecule has 3 heterocycles. The summed E-state index contributed by atoms with van der Waals surface area (Å²) >= 11 is 0. The van der Waals surface area contributed by atoms with Gasteiger partial charge < -0.3 is 24.4 Å². The predicted molar refractivity (Wildman–Crippen MR) is 129 cm³/mol. The number of furan rings is 1. The number of nitrogens with zero attached hydrogens (tertiary/aromatic N) is 1. The van der Waals surface area contributed by atoms with Gasteiger partial charge in [0.1, 0.15) is 18.0 Å². The molecule has 176 valence electrons. The number of hydrogen-bond donors (Lipinski definition) is 3. The van der Waals surface area contributed by atoms with Gasteiger partial charge in [-0.15, -0.1) is 0 Å². The molecule has 0 bridgehead atoms. The summed E-state index contributed by atoms with van der Waals surface area (Å²) in [5.41, 5.74) is 1.99. The number of hydrogen-bond acceptors (Lipinski definition) is 5. The van der Waals surface area contributed by atoms with Crippen molar-refractivity contribution in [1.29, 1.82) is 0 Å². The topological polar surface area (TPSA) is 99.6 Å². The quantitative estimate of drug-likeness (QED) is 0.355. The van der Waals surface area contributed by atoms with Gasteiger partial charge in [0.05, 0.1) is 18.6 Å². The standard InChI is InChI=1S/C26H28N4O4/c1-26(15-19-16-28-22-8-4-3-7-21(19)22,24(31)27-10-11-30-12-13-33-25(30)32)29-17-20-14-18-6-2-5-9-23(18)34-20/h2-9,14,16,28-29H,10-13,15,17H2,1H3,(H,27,31). The second-order valence-electron chi connectivity index (χ2n) is 8.83. The molecule has 1 fully saturated rings. The molecule has 2 amide bonds. The van der Waals surface area contributed by atoms with Crippen LogP contribution in [0.15, 0.2) is 65.2 Å². The van der Waals surface area contributed by atoms with Gasteiger partial charge in [0, 0.05) is 42.0 Å². The maximum atomic E-state index is 13.4. The van der Waals surface area contributed by atoms with E-state index in [1.54, 1.807) is 4.90 Å². The number of para-hydroxylation sites is 2. The van der Waals surface area contributed by atoms with E-state index in [0.29, 0.717) is 39.2 Å². The maximum Gasteiger partial charge on any atom is 0.409 e. The normalized spacial score (nSPS) is 15.6. The third-order valence-electron chi connectivity index (χ3n) is 6.36. The predicted octanol–water partition coefficient (Wildman–Crippen LogP) is 3.57. The van der Waals surface area contributed by atoms with E-state index in [9.17, 15) is 9.59 Å². The first-order valence-corrected chi connectivity index (χ1v) is 11.5. The Bertz CT molecular complexity index is 1290. The van der Waals surface area contributed by atoms with Crippen molar-refractivity contribution >= 4 is 33.9 Å². The van der Waals surface area contributed by atoms with Crippen molar-refractivity contribution in [3.63, 3.8) is 0 Å². The van der Waals surface area contributed by atoms with Gasteiger partial charge in [-0.25, -0.2) is 4.79 Å². The van der Waals surface area contributed by atoms with Crippen LogP contribution in [0.25, 0.3) is 21.9 Å². The SMILES string of the molecule is CC(Cc1c[nH]c2ccccc12)(NCc1cc2ccccc2o1)C(=O)NCCN1CCOC1=O. The molecule has 0 spiro atoms. The summed E-state index contributed by atoms with van der Waals surface area (Å²) in [5.74, 6) is 0.625. The van der Waals surface area contributed by atoms with Crippen LogP contribution in [-0.4, -0.2) is 53.7 Å². The zero-order valence-corrected chi connectivity index (χ0v) is 19.1. The molecule has 8 heteroatoms. The van der Waals surface area contributed by atoms with Gasteiger partial charge in [-0.2, -0.15) is 0 Å². The molecule has 0 radical (unpaired) electrons. The van der Waals surface area contributed by atoms with Crippen LogP contribution in [0.1, 0.15) is 18.2 Å². The number of rotatable bonds is 9. The number of ether oxygens (including phenoxy) is 1. The van der Waals surface area contributed by atoms with Crippen molar-refractivity contribution in [2.45, 2.75) is 25.4 Å². The minimum Gasteiger partial charge on any atom is -0.460 e. The molecule has 1 aliphatic rings. The minimum absolute atomic E-state index is 0.138. The summed E-state index contributed by atoms with van der Waals surface area (Å²) in [6.45, 7) is 4.01. The van der Waals surface area contributed by atoms with E-state index in [2.05, 4.69) is 21.7 Å². The van der Waals surface area contributed by atoms with Crippen LogP contribution in [0.4, 0.5) is 4.79 Å². The van der Waals surface area contributed by atoms with Crippen LogP contribution in [0.5, 0.6) is 0 Å². The Kier molecular flexibility index (Phi) is 5.98. The summed E-state index contributed by atoms with van der Waals surface area (Å²) in [6, 6.07) is 17.9. The van der Waals surface area contributed by atoms with Crippen molar-refractivity contribution in [3.8, 4) is 0 Å². The second-order valence-corrected chi connectivity index (χ2v) is 8.83. The molecule has 2 aromatic carbocycles. The highest BCUT2D eigenvalue weighted by Gasteiger charge is 2.34. The number of benzene rings is 2. The zero-order chi connectivity index (χ0) is 23.5. The summed E-state index contributed by atoms with van der Waals surface area (Å²) in [4.78, 5) is 30.0. The van der Waals surface area contributed by atoms with Crippen LogP contribution in [0.3, 0.4) is 0 Å². The molecule has 5 rings (SSSR count). The fraction of sp³-hybridized carbons (Fsp3) is 0.308. The molecule has 0 aliphatic carbocycles. The Balaban J connectivity index is 1.33. The molecule has 8 nitrogen and oxygen atoms in total. The van der Waals surface area contributed by atoms with Crippen molar-refractivity contribution in [2.24, 2.45) is 0 Å². The summed E-state index contributed by atoms with van der Waals surface area (Å²) < 4.78 is 10.9. The van der Waals surface area contributed by atoms with Crippen LogP contribution >= 0.6 is 0 Å². The highest BCUT2D eigenvalue weighted by molar-refractivity contribution is 5.89. The molecule has 34 heavy (non-hydrogen) atoms. The monoisotopic (exact) mass is 460 g/mol. The number of cyclic esters (lactones) is 1. The van der Waals surface area contributed by atoms with E-state index in [1.165, 1.54) is 0 Å². The number of H-pyrrole nitrogens is 1. The Morgan fingerprint density at radius 3 is 2.82 bits per heavy atom. The third kappa shape index (κ3) is 4.49. The third-order valence-corrected chi connectivity index (χ3v) is 6.36. The molecule has 1 saturated heterocycles. The lowest BCUT2D eigenvalue weighted by molar-refractivity contribution is -0.127. The second kappa shape index (κ2) is 9.23. The zero-order valence-electron chi connectivity index (χ0n) is 19.1. The van der Waals surface area contributed by atoms with Gasteiger partial charge >= 0.3 is 6.09 Å². The Labute approximate surface area is 197 Å². The van der Waals surface area contributed by atoms with E-state index in [1.807, 2.05) is 61.7 Å². The first-order valence-electron chi connectivity index (χ1n) is 11.5. The average molecular weight is 461 g/mol. The first kappa shape index (κ1) is 22.0. The van der Waals surface area contributed by atoms with Crippen molar-refractivity contribution < 1.29 is 18.7 Å². The summed E-state index contributed by atoms with van der Waals surface area (Å²) in [6.07, 6.45) is 2.10. The molecule has 4 aromatic rings. The Morgan fingerprint density at radius 2 is 2.00 bits per heavy atom. The molecule has 3 N–H and O–H groups in total. The van der Waals surface area contributed by atoms with E-state index >= 15 is 0 Å². The highest BCUT2D eigenvalue weighted by atomic mass is 16.6. The molecule has 1 unspecified atom stereocenters. The summed E-state index contributed by atoms with van der Waals surface area (Å²) in [7, 11) is 0. The number of amides is 2. The average Bonchev–Trinajstić information content (AvgIpc) is 3.56. The molecular weight excluding hydrogens is 432 g/mol. The fourth-order valence-electron chi connectivity index (χ4n) is 4.42. The molecule has 2 aromatic heterocycles. The van der Waals surface area contributed by atoms with Gasteiger partial charge in [-0.3, -0.25) is 10.1 Å². The van der Waals surface area contributed by atoms with Gasteiger partial charge in [0.25, 0.3) is 0 Å². The molecule has 1 aliphatic heterocycles. The van der Waals surface area contributed by atoms with Crippen LogP contribution in [0, 0.1) is 0 Å².